The topological polar surface area (TPSA) is 48.9 Å². The number of aromatic hydroxyl groups is 1. The van der Waals surface area contributed by atoms with Crippen LogP contribution in [0.1, 0.15) is 11.1 Å². The number of fused-ring (bicyclic) bond motifs is 1. The highest BCUT2D eigenvalue weighted by molar-refractivity contribution is 5.92. The Balaban J connectivity index is 1.98. The van der Waals surface area contributed by atoms with Crippen LogP contribution in [0.25, 0.3) is 23.1 Å². The minimum absolute atomic E-state index is 0.270. The molecule has 1 aromatic carbocycles. The van der Waals surface area contributed by atoms with Crippen LogP contribution >= 0.6 is 0 Å². The highest BCUT2D eigenvalue weighted by Gasteiger charge is 2.01. The molecule has 3 rings (SSSR count). The first-order valence-corrected chi connectivity index (χ1v) is 5.71. The lowest BCUT2D eigenvalue weighted by Crippen LogP contribution is -1.73. The van der Waals surface area contributed by atoms with Crippen LogP contribution < -0.4 is 0 Å². The van der Waals surface area contributed by atoms with Gasteiger partial charge in [-0.25, -0.2) is 0 Å². The van der Waals surface area contributed by atoms with E-state index in [2.05, 4.69) is 9.97 Å². The number of phenols is 1. The maximum absolute atomic E-state index is 9.40. The number of aromatic amines is 1. The molecule has 0 amide bonds. The van der Waals surface area contributed by atoms with Crippen LogP contribution in [0, 0.1) is 0 Å². The van der Waals surface area contributed by atoms with Crippen LogP contribution in [0.3, 0.4) is 0 Å². The molecule has 2 heterocycles. The van der Waals surface area contributed by atoms with Crippen LogP contribution in [0.4, 0.5) is 0 Å². The smallest absolute Gasteiger partial charge is 0.117 e. The zero-order chi connectivity index (χ0) is 12.4. The van der Waals surface area contributed by atoms with E-state index in [0.29, 0.717) is 0 Å². The lowest BCUT2D eigenvalue weighted by Gasteiger charge is -1.94. The van der Waals surface area contributed by atoms with E-state index in [4.69, 9.17) is 0 Å². The molecule has 0 aliphatic carbocycles. The number of hydrogen-bond acceptors (Lipinski definition) is 2. The fourth-order valence-corrected chi connectivity index (χ4v) is 1.94. The molecule has 18 heavy (non-hydrogen) atoms. The van der Waals surface area contributed by atoms with Crippen LogP contribution in [0.5, 0.6) is 5.75 Å². The van der Waals surface area contributed by atoms with Crippen molar-refractivity contribution in [1.29, 1.82) is 0 Å². The highest BCUT2D eigenvalue weighted by Crippen LogP contribution is 2.23. The van der Waals surface area contributed by atoms with Gasteiger partial charge < -0.3 is 10.1 Å². The maximum Gasteiger partial charge on any atom is 0.117 e. The number of nitrogens with zero attached hydrogens (tertiary/aromatic N) is 1. The minimum atomic E-state index is 0.270. The standard InChI is InChI=1S/C15H12N2O/c18-13-5-6-14-12(10-17-15(14)8-13)4-3-11-2-1-7-16-9-11/h1-10,17-18H/b4-3+. The summed E-state index contributed by atoms with van der Waals surface area (Å²) in [7, 11) is 0. The van der Waals surface area contributed by atoms with E-state index in [1.54, 1.807) is 18.3 Å². The van der Waals surface area contributed by atoms with Gasteiger partial charge in [0.15, 0.2) is 0 Å². The lowest BCUT2D eigenvalue weighted by molar-refractivity contribution is 0.476. The fraction of sp³-hybridized carbons (Fsp3) is 0. The van der Waals surface area contributed by atoms with Gasteiger partial charge in [0.05, 0.1) is 0 Å². The summed E-state index contributed by atoms with van der Waals surface area (Å²) in [5, 5.41) is 10.5. The number of rotatable bonds is 2. The van der Waals surface area contributed by atoms with Gasteiger partial charge in [-0.05, 0) is 29.3 Å². The van der Waals surface area contributed by atoms with E-state index in [-0.39, 0.29) is 5.75 Å². The van der Waals surface area contributed by atoms with Crippen molar-refractivity contribution in [2.24, 2.45) is 0 Å². The number of hydrogen-bond donors (Lipinski definition) is 2. The average Bonchev–Trinajstić information content (AvgIpc) is 2.80. The third-order valence-corrected chi connectivity index (χ3v) is 2.84. The number of phenolic OH excluding ortho intramolecular Hbond substituents is 1. The Bertz CT molecular complexity index is 699. The van der Waals surface area contributed by atoms with Gasteiger partial charge in [0.1, 0.15) is 5.75 Å². The van der Waals surface area contributed by atoms with E-state index < -0.39 is 0 Å². The van der Waals surface area contributed by atoms with Crippen molar-refractivity contribution in [3.63, 3.8) is 0 Å². The van der Waals surface area contributed by atoms with Crippen molar-refractivity contribution >= 4 is 23.1 Å². The van der Waals surface area contributed by atoms with Crippen molar-refractivity contribution in [1.82, 2.24) is 9.97 Å². The van der Waals surface area contributed by atoms with Crippen LogP contribution in [-0.4, -0.2) is 15.1 Å². The SMILES string of the molecule is Oc1ccc2c(/C=C/c3cccnc3)c[nH]c2c1. The Kier molecular flexibility index (Phi) is 2.57. The second kappa shape index (κ2) is 4.37. The summed E-state index contributed by atoms with van der Waals surface area (Å²) in [6, 6.07) is 9.23. The molecule has 3 aromatic rings. The van der Waals surface area contributed by atoms with Gasteiger partial charge in [-0.3, -0.25) is 4.98 Å². The van der Waals surface area contributed by atoms with Crippen LogP contribution in [0.15, 0.2) is 48.9 Å². The Morgan fingerprint density at radius 1 is 1.17 bits per heavy atom. The van der Waals surface area contributed by atoms with Gasteiger partial charge in [0.25, 0.3) is 0 Å². The fourth-order valence-electron chi connectivity index (χ4n) is 1.94. The van der Waals surface area contributed by atoms with Gasteiger partial charge in [-0.1, -0.05) is 18.2 Å². The molecule has 0 saturated carbocycles. The number of aromatic nitrogens is 2. The molecule has 0 spiro atoms. The second-order valence-corrected chi connectivity index (χ2v) is 4.09. The molecule has 3 nitrogen and oxygen atoms in total. The summed E-state index contributed by atoms with van der Waals surface area (Å²) in [4.78, 5) is 7.20. The van der Waals surface area contributed by atoms with E-state index in [9.17, 15) is 5.11 Å². The number of benzene rings is 1. The monoisotopic (exact) mass is 236 g/mol. The molecule has 0 saturated heterocycles. The molecule has 0 atom stereocenters. The van der Waals surface area contributed by atoms with Crippen molar-refractivity contribution in [3.05, 3.63) is 60.0 Å². The van der Waals surface area contributed by atoms with Gasteiger partial charge in [-0.2, -0.15) is 0 Å². The molecule has 0 bridgehead atoms. The predicted octanol–water partition coefficient (Wildman–Crippen LogP) is 3.44. The molecule has 0 aliphatic heterocycles. The maximum atomic E-state index is 9.40. The summed E-state index contributed by atoms with van der Waals surface area (Å²) in [6.07, 6.45) is 9.55. The van der Waals surface area contributed by atoms with Crippen molar-refractivity contribution in [2.75, 3.05) is 0 Å². The van der Waals surface area contributed by atoms with Gasteiger partial charge >= 0.3 is 0 Å². The lowest BCUT2D eigenvalue weighted by atomic mass is 10.1. The summed E-state index contributed by atoms with van der Waals surface area (Å²) >= 11 is 0. The number of H-pyrrole nitrogens is 1. The van der Waals surface area contributed by atoms with Crippen molar-refractivity contribution in [3.8, 4) is 5.75 Å². The van der Waals surface area contributed by atoms with E-state index in [1.165, 1.54) is 0 Å². The van der Waals surface area contributed by atoms with Crippen LogP contribution in [-0.2, 0) is 0 Å². The zero-order valence-electron chi connectivity index (χ0n) is 9.67. The molecule has 0 fully saturated rings. The number of pyridine rings is 1. The Labute approximate surface area is 104 Å². The van der Waals surface area contributed by atoms with Gasteiger partial charge in [-0.15, -0.1) is 0 Å². The Hall–Kier alpha value is -2.55. The molecular formula is C15H12N2O. The summed E-state index contributed by atoms with van der Waals surface area (Å²) in [5.74, 6) is 0.270. The minimum Gasteiger partial charge on any atom is -0.508 e. The van der Waals surface area contributed by atoms with Crippen molar-refractivity contribution < 1.29 is 5.11 Å². The molecule has 3 heteroatoms. The second-order valence-electron chi connectivity index (χ2n) is 4.09. The molecule has 0 radical (unpaired) electrons. The molecule has 2 aromatic heterocycles. The Morgan fingerprint density at radius 3 is 2.94 bits per heavy atom. The van der Waals surface area contributed by atoms with Crippen LogP contribution in [0.2, 0.25) is 0 Å². The third kappa shape index (κ3) is 1.98. The zero-order valence-corrected chi connectivity index (χ0v) is 9.67. The first-order valence-electron chi connectivity index (χ1n) is 5.71. The van der Waals surface area contributed by atoms with Crippen molar-refractivity contribution in [2.45, 2.75) is 0 Å². The molecule has 0 unspecified atom stereocenters. The first kappa shape index (κ1) is 10.6. The molecular weight excluding hydrogens is 224 g/mol. The van der Waals surface area contributed by atoms with Gasteiger partial charge in [0.2, 0.25) is 0 Å². The summed E-state index contributed by atoms with van der Waals surface area (Å²) in [6.45, 7) is 0. The quantitative estimate of drug-likeness (QED) is 0.716. The molecule has 2 N–H and O–H groups in total. The predicted molar refractivity (Wildman–Crippen MR) is 73.1 cm³/mol. The average molecular weight is 236 g/mol. The normalized spacial score (nSPS) is 11.3. The third-order valence-electron chi connectivity index (χ3n) is 2.84. The molecule has 0 aliphatic rings. The van der Waals surface area contributed by atoms with Gasteiger partial charge in [0, 0.05) is 35.6 Å². The summed E-state index contributed by atoms with van der Waals surface area (Å²) in [5.41, 5.74) is 3.08. The van der Waals surface area contributed by atoms with E-state index in [1.807, 2.05) is 42.7 Å². The van der Waals surface area contributed by atoms with E-state index >= 15 is 0 Å². The molecule has 88 valence electrons. The Morgan fingerprint density at radius 2 is 2.11 bits per heavy atom. The summed E-state index contributed by atoms with van der Waals surface area (Å²) < 4.78 is 0. The highest BCUT2D eigenvalue weighted by atomic mass is 16.3. The largest absolute Gasteiger partial charge is 0.508 e. The van der Waals surface area contributed by atoms with E-state index in [0.717, 1.165) is 22.0 Å². The number of nitrogens with one attached hydrogen (secondary N) is 1. The first-order chi connectivity index (χ1) is 8.83.